The Balaban J connectivity index is 2.20. The lowest BCUT2D eigenvalue weighted by molar-refractivity contribution is 0.103. The van der Waals surface area contributed by atoms with Gasteiger partial charge in [0.2, 0.25) is 0 Å². The molecule has 0 bridgehead atoms. The maximum atomic E-state index is 14.0. The highest BCUT2D eigenvalue weighted by Gasteiger charge is 2.19. The van der Waals surface area contributed by atoms with Crippen molar-refractivity contribution in [2.75, 3.05) is 0 Å². The van der Waals surface area contributed by atoms with Crippen molar-refractivity contribution in [3.63, 3.8) is 0 Å². The van der Waals surface area contributed by atoms with E-state index in [0.717, 1.165) is 10.8 Å². The molecular formula is C18H12F2O. The molecule has 0 saturated carbocycles. The van der Waals surface area contributed by atoms with Crippen LogP contribution in [0, 0.1) is 18.6 Å². The molecule has 3 aromatic carbocycles. The second-order valence-electron chi connectivity index (χ2n) is 4.91. The van der Waals surface area contributed by atoms with Crippen molar-refractivity contribution in [2.45, 2.75) is 6.92 Å². The highest BCUT2D eigenvalue weighted by molar-refractivity contribution is 6.16. The van der Waals surface area contributed by atoms with Crippen molar-refractivity contribution >= 4 is 16.6 Å². The Kier molecular flexibility index (Phi) is 3.26. The van der Waals surface area contributed by atoms with E-state index in [9.17, 15) is 13.6 Å². The van der Waals surface area contributed by atoms with Crippen molar-refractivity contribution in [3.05, 3.63) is 82.9 Å². The normalized spacial score (nSPS) is 10.8. The molecular weight excluding hydrogens is 270 g/mol. The SMILES string of the molecule is Cc1ccc(C(=O)c2cccc3ccccc23)c(F)c1F. The first kappa shape index (κ1) is 13.4. The monoisotopic (exact) mass is 282 g/mol. The van der Waals surface area contributed by atoms with Crippen molar-refractivity contribution in [3.8, 4) is 0 Å². The maximum Gasteiger partial charge on any atom is 0.196 e. The summed E-state index contributed by atoms with van der Waals surface area (Å²) in [7, 11) is 0. The highest BCUT2D eigenvalue weighted by atomic mass is 19.2. The van der Waals surface area contributed by atoms with Crippen LogP contribution in [0.3, 0.4) is 0 Å². The molecule has 0 aliphatic rings. The number of halogens is 2. The lowest BCUT2D eigenvalue weighted by atomic mass is 9.96. The molecule has 104 valence electrons. The van der Waals surface area contributed by atoms with Gasteiger partial charge in [0.25, 0.3) is 0 Å². The van der Waals surface area contributed by atoms with E-state index < -0.39 is 17.4 Å². The predicted octanol–water partition coefficient (Wildman–Crippen LogP) is 4.66. The molecule has 0 saturated heterocycles. The van der Waals surface area contributed by atoms with Gasteiger partial charge >= 0.3 is 0 Å². The summed E-state index contributed by atoms with van der Waals surface area (Å²) in [6.45, 7) is 1.46. The predicted molar refractivity (Wildman–Crippen MR) is 78.5 cm³/mol. The van der Waals surface area contributed by atoms with Gasteiger partial charge in [-0.2, -0.15) is 0 Å². The molecule has 21 heavy (non-hydrogen) atoms. The van der Waals surface area contributed by atoms with E-state index >= 15 is 0 Å². The van der Waals surface area contributed by atoms with Crippen LogP contribution in [0.4, 0.5) is 8.78 Å². The summed E-state index contributed by atoms with van der Waals surface area (Å²) in [4.78, 5) is 12.5. The van der Waals surface area contributed by atoms with Gasteiger partial charge < -0.3 is 0 Å². The number of rotatable bonds is 2. The zero-order chi connectivity index (χ0) is 15.0. The smallest absolute Gasteiger partial charge is 0.196 e. The highest BCUT2D eigenvalue weighted by Crippen LogP contribution is 2.24. The summed E-state index contributed by atoms with van der Waals surface area (Å²) in [5.74, 6) is -2.57. The number of hydrogen-bond donors (Lipinski definition) is 0. The van der Waals surface area contributed by atoms with Gasteiger partial charge in [-0.05, 0) is 29.3 Å². The molecule has 0 aliphatic carbocycles. The second kappa shape index (κ2) is 5.09. The van der Waals surface area contributed by atoms with Gasteiger partial charge in [-0.15, -0.1) is 0 Å². The zero-order valence-electron chi connectivity index (χ0n) is 11.4. The quantitative estimate of drug-likeness (QED) is 0.625. The number of carbonyl (C=O) groups excluding carboxylic acids is 1. The van der Waals surface area contributed by atoms with Gasteiger partial charge in [-0.25, -0.2) is 8.78 Å². The van der Waals surface area contributed by atoms with Crippen molar-refractivity contribution < 1.29 is 13.6 Å². The Hall–Kier alpha value is -2.55. The van der Waals surface area contributed by atoms with E-state index in [-0.39, 0.29) is 11.1 Å². The fourth-order valence-electron chi connectivity index (χ4n) is 2.39. The van der Waals surface area contributed by atoms with Gasteiger partial charge in [0.1, 0.15) is 0 Å². The van der Waals surface area contributed by atoms with Crippen LogP contribution in [0.15, 0.2) is 54.6 Å². The first-order valence-electron chi connectivity index (χ1n) is 6.56. The third-order valence-electron chi connectivity index (χ3n) is 3.55. The minimum absolute atomic E-state index is 0.182. The zero-order valence-corrected chi connectivity index (χ0v) is 11.4. The van der Waals surface area contributed by atoms with Crippen LogP contribution in [-0.4, -0.2) is 5.78 Å². The summed E-state index contributed by atoms with van der Waals surface area (Å²) in [6.07, 6.45) is 0. The Morgan fingerprint density at radius 3 is 2.33 bits per heavy atom. The molecule has 3 heteroatoms. The van der Waals surface area contributed by atoms with E-state index in [1.54, 1.807) is 18.2 Å². The van der Waals surface area contributed by atoms with Crippen LogP contribution in [-0.2, 0) is 0 Å². The number of ketones is 1. The minimum atomic E-state index is -1.09. The van der Waals surface area contributed by atoms with E-state index in [1.165, 1.54) is 19.1 Å². The molecule has 0 spiro atoms. The molecule has 3 rings (SSSR count). The molecule has 0 N–H and O–H groups in total. The number of aryl methyl sites for hydroxylation is 1. The van der Waals surface area contributed by atoms with Crippen LogP contribution in [0.25, 0.3) is 10.8 Å². The van der Waals surface area contributed by atoms with Crippen molar-refractivity contribution in [1.82, 2.24) is 0 Å². The first-order valence-corrected chi connectivity index (χ1v) is 6.56. The second-order valence-corrected chi connectivity index (χ2v) is 4.91. The molecule has 0 atom stereocenters. The largest absolute Gasteiger partial charge is 0.288 e. The Bertz CT molecular complexity index is 848. The first-order chi connectivity index (χ1) is 10.1. The van der Waals surface area contributed by atoms with Crippen LogP contribution in [0.1, 0.15) is 21.5 Å². The number of hydrogen-bond acceptors (Lipinski definition) is 1. The Morgan fingerprint density at radius 1 is 0.810 bits per heavy atom. The topological polar surface area (TPSA) is 17.1 Å². The van der Waals surface area contributed by atoms with E-state index in [1.807, 2.05) is 24.3 Å². The number of fused-ring (bicyclic) bond motifs is 1. The van der Waals surface area contributed by atoms with Gasteiger partial charge in [-0.1, -0.05) is 48.5 Å². The summed E-state index contributed by atoms with van der Waals surface area (Å²) in [5, 5.41) is 1.61. The van der Waals surface area contributed by atoms with Crippen LogP contribution >= 0.6 is 0 Å². The molecule has 0 radical (unpaired) electrons. The van der Waals surface area contributed by atoms with Crippen molar-refractivity contribution in [2.24, 2.45) is 0 Å². The maximum absolute atomic E-state index is 14.0. The average molecular weight is 282 g/mol. The molecule has 0 aliphatic heterocycles. The standard InChI is InChI=1S/C18H12F2O/c1-11-9-10-15(17(20)16(11)19)18(21)14-8-4-6-12-5-2-3-7-13(12)14/h2-10H,1H3. The minimum Gasteiger partial charge on any atom is -0.288 e. The molecule has 3 aromatic rings. The number of carbonyl (C=O) groups is 1. The fourth-order valence-corrected chi connectivity index (χ4v) is 2.39. The van der Waals surface area contributed by atoms with E-state index in [0.29, 0.717) is 5.56 Å². The molecule has 0 aromatic heterocycles. The summed E-state index contributed by atoms with van der Waals surface area (Å²) >= 11 is 0. The molecule has 0 fully saturated rings. The third-order valence-corrected chi connectivity index (χ3v) is 3.55. The average Bonchev–Trinajstić information content (AvgIpc) is 2.51. The van der Waals surface area contributed by atoms with Gasteiger partial charge in [0.05, 0.1) is 5.56 Å². The van der Waals surface area contributed by atoms with Crippen LogP contribution < -0.4 is 0 Å². The van der Waals surface area contributed by atoms with Gasteiger partial charge in [0, 0.05) is 5.56 Å². The van der Waals surface area contributed by atoms with Crippen LogP contribution in [0.5, 0.6) is 0 Å². The van der Waals surface area contributed by atoms with E-state index in [2.05, 4.69) is 0 Å². The van der Waals surface area contributed by atoms with E-state index in [4.69, 9.17) is 0 Å². The lowest BCUT2D eigenvalue weighted by Gasteiger charge is -2.08. The third kappa shape index (κ3) is 2.21. The summed E-state index contributed by atoms with van der Waals surface area (Å²) < 4.78 is 27.7. The molecule has 0 heterocycles. The summed E-state index contributed by atoms with van der Waals surface area (Å²) in [5.41, 5.74) is 0.312. The van der Waals surface area contributed by atoms with Crippen molar-refractivity contribution in [1.29, 1.82) is 0 Å². The summed E-state index contributed by atoms with van der Waals surface area (Å²) in [6, 6.07) is 15.3. The molecule has 1 nitrogen and oxygen atoms in total. The Labute approximate surface area is 120 Å². The van der Waals surface area contributed by atoms with Gasteiger partial charge in [0.15, 0.2) is 17.4 Å². The van der Waals surface area contributed by atoms with Gasteiger partial charge in [-0.3, -0.25) is 4.79 Å². The number of benzene rings is 3. The van der Waals surface area contributed by atoms with Crippen LogP contribution in [0.2, 0.25) is 0 Å². The molecule has 0 amide bonds. The molecule has 0 unspecified atom stereocenters. The Morgan fingerprint density at radius 2 is 1.52 bits per heavy atom. The fraction of sp³-hybridized carbons (Fsp3) is 0.0556. The lowest BCUT2D eigenvalue weighted by Crippen LogP contribution is -2.07.